The van der Waals surface area contributed by atoms with Gasteiger partial charge in [-0.05, 0) is 51.5 Å². The lowest BCUT2D eigenvalue weighted by Crippen LogP contribution is -2.42. The molecule has 2 aromatic heterocycles. The van der Waals surface area contributed by atoms with Crippen molar-refractivity contribution in [2.45, 2.75) is 63.6 Å². The number of rotatable bonds is 10. The third kappa shape index (κ3) is 6.15. The predicted molar refractivity (Wildman–Crippen MR) is 122 cm³/mol. The summed E-state index contributed by atoms with van der Waals surface area (Å²) in [6.07, 6.45) is 10.00. The quantitative estimate of drug-likeness (QED) is 0.560. The monoisotopic (exact) mass is 454 g/mol. The van der Waals surface area contributed by atoms with E-state index < -0.39 is 11.2 Å². The van der Waals surface area contributed by atoms with Gasteiger partial charge in [-0.15, -0.1) is 0 Å². The number of nitriles is 1. The molecule has 1 unspecified atom stereocenters. The van der Waals surface area contributed by atoms with E-state index in [2.05, 4.69) is 38.6 Å². The molecule has 0 bridgehead atoms. The minimum Gasteiger partial charge on any atom is -0.475 e. The van der Waals surface area contributed by atoms with Gasteiger partial charge >= 0.3 is 0 Å². The first-order valence-corrected chi connectivity index (χ1v) is 11.5. The maximum atomic E-state index is 14.6. The topological polar surface area (TPSA) is 105 Å². The SMILES string of the molecule is COCC(C)NC1CCC(Nc2cc(-c3cncc(OCC4(C#N)CC4)n3)c(F)cn2)CC1. The van der Waals surface area contributed by atoms with Crippen molar-refractivity contribution in [2.75, 3.05) is 25.6 Å². The van der Waals surface area contributed by atoms with Crippen LogP contribution in [-0.2, 0) is 4.74 Å². The Morgan fingerprint density at radius 1 is 1.21 bits per heavy atom. The highest BCUT2D eigenvalue weighted by Crippen LogP contribution is 2.45. The Labute approximate surface area is 193 Å². The molecule has 0 aromatic carbocycles. The van der Waals surface area contributed by atoms with Gasteiger partial charge in [0.15, 0.2) is 5.82 Å². The number of halogens is 1. The molecule has 33 heavy (non-hydrogen) atoms. The summed E-state index contributed by atoms with van der Waals surface area (Å²) in [5, 5.41) is 16.3. The number of anilines is 1. The maximum absolute atomic E-state index is 14.6. The zero-order chi connectivity index (χ0) is 23.3. The predicted octanol–water partition coefficient (Wildman–Crippen LogP) is 3.71. The van der Waals surface area contributed by atoms with E-state index in [-0.39, 0.29) is 18.5 Å². The minimum absolute atomic E-state index is 0.273. The van der Waals surface area contributed by atoms with E-state index in [1.807, 2.05) is 0 Å². The maximum Gasteiger partial charge on any atom is 0.232 e. The Bertz CT molecular complexity index is 985. The number of pyridine rings is 1. The molecule has 2 heterocycles. The molecular weight excluding hydrogens is 423 g/mol. The van der Waals surface area contributed by atoms with Crippen LogP contribution in [0.3, 0.4) is 0 Å². The van der Waals surface area contributed by atoms with Gasteiger partial charge in [0, 0.05) is 30.8 Å². The fourth-order valence-corrected chi connectivity index (χ4v) is 4.23. The van der Waals surface area contributed by atoms with Crippen molar-refractivity contribution in [2.24, 2.45) is 5.41 Å². The standard InChI is InChI=1S/C24H31FN6O2/c1-16(13-32-2)29-17-3-5-18(6-4-17)30-22-9-19(20(25)10-28-22)21-11-27-12-23(31-21)33-15-24(14-26)7-8-24/h9-12,16-18,29H,3-8,13,15H2,1-2H3,(H,28,30). The van der Waals surface area contributed by atoms with Crippen LogP contribution in [0.5, 0.6) is 5.88 Å². The summed E-state index contributed by atoms with van der Waals surface area (Å²) in [5.41, 5.74) is 0.278. The van der Waals surface area contributed by atoms with Crippen LogP contribution >= 0.6 is 0 Å². The van der Waals surface area contributed by atoms with Crippen molar-refractivity contribution in [3.05, 3.63) is 30.5 Å². The summed E-state index contributed by atoms with van der Waals surface area (Å²) in [6.45, 7) is 3.11. The van der Waals surface area contributed by atoms with Gasteiger partial charge in [-0.3, -0.25) is 4.98 Å². The molecule has 1 atom stereocenters. The van der Waals surface area contributed by atoms with E-state index in [0.29, 0.717) is 35.8 Å². The molecule has 0 spiro atoms. The Morgan fingerprint density at radius 3 is 2.67 bits per heavy atom. The summed E-state index contributed by atoms with van der Waals surface area (Å²) in [4.78, 5) is 12.8. The van der Waals surface area contributed by atoms with E-state index in [1.54, 1.807) is 13.2 Å². The van der Waals surface area contributed by atoms with Crippen LogP contribution in [0.25, 0.3) is 11.3 Å². The Kier molecular flexibility index (Phi) is 7.36. The molecule has 8 nitrogen and oxygen atoms in total. The molecule has 4 rings (SSSR count). The second-order valence-corrected chi connectivity index (χ2v) is 9.19. The molecule has 2 N–H and O–H groups in total. The van der Waals surface area contributed by atoms with Crippen LogP contribution in [-0.4, -0.2) is 53.4 Å². The van der Waals surface area contributed by atoms with Gasteiger partial charge in [0.1, 0.15) is 12.4 Å². The van der Waals surface area contributed by atoms with Crippen LogP contribution in [0.1, 0.15) is 45.4 Å². The van der Waals surface area contributed by atoms with Gasteiger partial charge in [-0.1, -0.05) is 0 Å². The minimum atomic E-state index is -0.470. The summed E-state index contributed by atoms with van der Waals surface area (Å²) in [6, 6.07) is 5.06. The molecular formula is C24H31FN6O2. The van der Waals surface area contributed by atoms with Gasteiger partial charge in [0.25, 0.3) is 0 Å². The molecule has 2 aliphatic rings. The van der Waals surface area contributed by atoms with Crippen molar-refractivity contribution in [3.8, 4) is 23.2 Å². The number of ether oxygens (including phenoxy) is 2. The lowest BCUT2D eigenvalue weighted by molar-refractivity contribution is 0.161. The zero-order valence-corrected chi connectivity index (χ0v) is 19.2. The number of hydrogen-bond acceptors (Lipinski definition) is 8. The lowest BCUT2D eigenvalue weighted by atomic mass is 9.90. The molecule has 2 saturated carbocycles. The lowest BCUT2D eigenvalue weighted by Gasteiger charge is -2.31. The Hall–Kier alpha value is -2.83. The molecule has 0 radical (unpaired) electrons. The molecule has 0 aliphatic heterocycles. The van der Waals surface area contributed by atoms with E-state index in [4.69, 9.17) is 9.47 Å². The Balaban J connectivity index is 1.37. The van der Waals surface area contributed by atoms with Crippen molar-refractivity contribution in [1.82, 2.24) is 20.3 Å². The van der Waals surface area contributed by atoms with Crippen LogP contribution in [0.15, 0.2) is 24.7 Å². The van der Waals surface area contributed by atoms with Gasteiger partial charge in [-0.2, -0.15) is 5.26 Å². The first-order valence-electron chi connectivity index (χ1n) is 11.5. The molecule has 9 heteroatoms. The van der Waals surface area contributed by atoms with Crippen LogP contribution in [0, 0.1) is 22.6 Å². The second kappa shape index (κ2) is 10.4. The van der Waals surface area contributed by atoms with E-state index in [9.17, 15) is 9.65 Å². The average molecular weight is 455 g/mol. The van der Waals surface area contributed by atoms with Crippen LogP contribution < -0.4 is 15.4 Å². The van der Waals surface area contributed by atoms with E-state index in [0.717, 1.165) is 38.5 Å². The third-order valence-corrected chi connectivity index (χ3v) is 6.35. The summed E-state index contributed by atoms with van der Waals surface area (Å²) >= 11 is 0. The highest BCUT2D eigenvalue weighted by molar-refractivity contribution is 5.63. The van der Waals surface area contributed by atoms with Crippen LogP contribution in [0.2, 0.25) is 0 Å². The second-order valence-electron chi connectivity index (χ2n) is 9.19. The first-order chi connectivity index (χ1) is 16.0. The highest BCUT2D eigenvalue weighted by atomic mass is 19.1. The van der Waals surface area contributed by atoms with Crippen molar-refractivity contribution < 1.29 is 13.9 Å². The van der Waals surface area contributed by atoms with Crippen molar-refractivity contribution >= 4 is 5.82 Å². The molecule has 0 saturated heterocycles. The van der Waals surface area contributed by atoms with Gasteiger partial charge < -0.3 is 20.1 Å². The van der Waals surface area contributed by atoms with Gasteiger partial charge in [0.05, 0.1) is 42.4 Å². The number of nitrogens with one attached hydrogen (secondary N) is 2. The first kappa shape index (κ1) is 23.3. The van der Waals surface area contributed by atoms with E-state index >= 15 is 0 Å². The summed E-state index contributed by atoms with van der Waals surface area (Å²) in [5.74, 6) is 0.432. The average Bonchev–Trinajstić information content (AvgIpc) is 3.61. The van der Waals surface area contributed by atoms with Gasteiger partial charge in [-0.25, -0.2) is 14.4 Å². The zero-order valence-electron chi connectivity index (χ0n) is 19.2. The third-order valence-electron chi connectivity index (χ3n) is 6.35. The molecule has 2 aromatic rings. The molecule has 2 fully saturated rings. The number of hydrogen-bond donors (Lipinski definition) is 2. The Morgan fingerprint density at radius 2 is 1.97 bits per heavy atom. The van der Waals surface area contributed by atoms with Crippen molar-refractivity contribution in [3.63, 3.8) is 0 Å². The van der Waals surface area contributed by atoms with Crippen molar-refractivity contribution in [1.29, 1.82) is 5.26 Å². The van der Waals surface area contributed by atoms with E-state index in [1.165, 1.54) is 18.6 Å². The van der Waals surface area contributed by atoms with Gasteiger partial charge in [0.2, 0.25) is 5.88 Å². The fourth-order valence-electron chi connectivity index (χ4n) is 4.23. The molecule has 2 aliphatic carbocycles. The number of methoxy groups -OCH3 is 1. The highest BCUT2D eigenvalue weighted by Gasteiger charge is 2.44. The summed E-state index contributed by atoms with van der Waals surface area (Å²) < 4.78 is 25.4. The number of aromatic nitrogens is 3. The van der Waals surface area contributed by atoms with Crippen LogP contribution in [0.4, 0.5) is 10.2 Å². The molecule has 0 amide bonds. The molecule has 176 valence electrons. The normalized spacial score (nSPS) is 22.2. The summed E-state index contributed by atoms with van der Waals surface area (Å²) in [7, 11) is 1.72. The fraction of sp³-hybridized carbons (Fsp3) is 0.583. The number of nitrogens with zero attached hydrogens (tertiary/aromatic N) is 4. The largest absolute Gasteiger partial charge is 0.475 e. The smallest absolute Gasteiger partial charge is 0.232 e.